The number of para-hydroxylation sites is 2. The molecule has 0 saturated heterocycles. The lowest BCUT2D eigenvalue weighted by Gasteiger charge is -2.14. The molecule has 1 N–H and O–H groups in total. The second kappa shape index (κ2) is 9.35. The van der Waals surface area contributed by atoms with Gasteiger partial charge in [-0.2, -0.15) is 5.10 Å². The molecule has 0 aliphatic heterocycles. The van der Waals surface area contributed by atoms with Gasteiger partial charge in [0, 0.05) is 37.9 Å². The number of amides is 1. The Labute approximate surface area is 210 Å². The molecule has 0 aliphatic carbocycles. The van der Waals surface area contributed by atoms with Crippen molar-refractivity contribution in [3.8, 4) is 5.69 Å². The molecule has 174 valence electrons. The van der Waals surface area contributed by atoms with Crippen molar-refractivity contribution >= 4 is 49.9 Å². The Morgan fingerprint density at radius 3 is 2.17 bits per heavy atom. The van der Waals surface area contributed by atoms with Crippen molar-refractivity contribution in [2.75, 3.05) is 0 Å². The fraction of sp³-hybridized carbons (Fsp3) is 0.107. The molecule has 1 amide bonds. The molecular weight excluding hydrogens is 504 g/mol. The van der Waals surface area contributed by atoms with Crippen LogP contribution in [-0.4, -0.2) is 21.3 Å². The van der Waals surface area contributed by atoms with Crippen LogP contribution in [-0.2, 0) is 11.3 Å². The maximum absolute atomic E-state index is 12.9. The first kappa shape index (κ1) is 22.8. The van der Waals surface area contributed by atoms with Crippen LogP contribution in [0.2, 0.25) is 0 Å². The van der Waals surface area contributed by atoms with E-state index in [4.69, 9.17) is 0 Å². The Hall–Kier alpha value is -3.97. The molecule has 5 aromatic rings. The fourth-order valence-corrected chi connectivity index (χ4v) is 4.77. The van der Waals surface area contributed by atoms with E-state index in [-0.39, 0.29) is 17.9 Å². The molecule has 2 aromatic heterocycles. The molecule has 0 aliphatic rings. The van der Waals surface area contributed by atoms with Crippen molar-refractivity contribution in [3.63, 3.8) is 0 Å². The molecule has 0 radical (unpaired) electrons. The minimum Gasteiger partial charge on any atom is -0.331 e. The number of hydrogen-bond donors (Lipinski definition) is 1. The minimum absolute atomic E-state index is 0.0352. The third kappa shape index (κ3) is 4.31. The van der Waals surface area contributed by atoms with Crippen LogP contribution in [0.3, 0.4) is 0 Å². The topological polar surface area (TPSA) is 68.4 Å². The summed E-state index contributed by atoms with van der Waals surface area (Å²) in [4.78, 5) is 25.7. The van der Waals surface area contributed by atoms with Gasteiger partial charge in [-0.25, -0.2) is 5.43 Å². The van der Waals surface area contributed by atoms with E-state index in [0.717, 1.165) is 27.1 Å². The normalized spacial score (nSPS) is 11.5. The lowest BCUT2D eigenvalue weighted by molar-refractivity contribution is -0.121. The Morgan fingerprint density at radius 2 is 1.54 bits per heavy atom. The van der Waals surface area contributed by atoms with Crippen LogP contribution in [0, 0.1) is 13.8 Å². The van der Waals surface area contributed by atoms with Crippen molar-refractivity contribution < 1.29 is 4.79 Å². The first-order valence-corrected chi connectivity index (χ1v) is 12.0. The number of hydrogen-bond acceptors (Lipinski definition) is 3. The van der Waals surface area contributed by atoms with Crippen LogP contribution < -0.4 is 10.9 Å². The summed E-state index contributed by atoms with van der Waals surface area (Å²) < 4.78 is 5.03. The van der Waals surface area contributed by atoms with Crippen molar-refractivity contribution in [1.29, 1.82) is 0 Å². The van der Waals surface area contributed by atoms with Crippen molar-refractivity contribution in [2.24, 2.45) is 5.10 Å². The van der Waals surface area contributed by atoms with Crippen molar-refractivity contribution in [2.45, 2.75) is 20.4 Å². The summed E-state index contributed by atoms with van der Waals surface area (Å²) in [6.45, 7) is 4.10. The van der Waals surface area contributed by atoms with E-state index in [2.05, 4.69) is 31.0 Å². The van der Waals surface area contributed by atoms with Gasteiger partial charge >= 0.3 is 0 Å². The largest absolute Gasteiger partial charge is 0.331 e. The number of pyridine rings is 1. The average Bonchev–Trinajstić information content (AvgIpc) is 3.15. The van der Waals surface area contributed by atoms with Crippen LogP contribution in [0.25, 0.3) is 27.5 Å². The van der Waals surface area contributed by atoms with Crippen LogP contribution in [0.5, 0.6) is 0 Å². The molecule has 0 unspecified atom stereocenters. The molecule has 0 atom stereocenters. The Morgan fingerprint density at radius 1 is 0.943 bits per heavy atom. The molecule has 0 fully saturated rings. The summed E-state index contributed by atoms with van der Waals surface area (Å²) >= 11 is 3.47. The molecule has 0 spiro atoms. The number of carbonyl (C=O) groups excluding carboxylic acids is 1. The zero-order chi connectivity index (χ0) is 24.5. The number of halogens is 1. The standard InChI is InChI=1S/C28H23BrN4O2/c1-18-15-20(19(2)33(18)22-13-11-21(29)12-14-22)16-30-31-27(34)17-32-25-9-5-3-7-23(25)28(35)24-8-4-6-10-26(24)32/h3-16H,17H2,1-2H3,(H,31,34)/b30-16+. The van der Waals surface area contributed by atoms with E-state index in [0.29, 0.717) is 21.8 Å². The Balaban J connectivity index is 1.40. The monoisotopic (exact) mass is 526 g/mol. The number of benzene rings is 3. The second-order valence-corrected chi connectivity index (χ2v) is 9.30. The van der Waals surface area contributed by atoms with E-state index in [9.17, 15) is 9.59 Å². The predicted octanol–water partition coefficient (Wildman–Crippen LogP) is 5.48. The zero-order valence-corrected chi connectivity index (χ0v) is 20.9. The van der Waals surface area contributed by atoms with E-state index in [1.807, 2.05) is 85.1 Å². The SMILES string of the molecule is Cc1cc(/C=N/NC(=O)Cn2c3ccccc3c(=O)c3ccccc32)c(C)n1-c1ccc(Br)cc1. The summed E-state index contributed by atoms with van der Waals surface area (Å²) in [6, 6.07) is 24.8. The van der Waals surface area contributed by atoms with Gasteiger partial charge in [0.1, 0.15) is 6.54 Å². The number of nitrogens with one attached hydrogen (secondary N) is 1. The fourth-order valence-electron chi connectivity index (χ4n) is 4.51. The van der Waals surface area contributed by atoms with Crippen LogP contribution in [0.1, 0.15) is 17.0 Å². The lowest BCUT2D eigenvalue weighted by atomic mass is 10.1. The van der Waals surface area contributed by atoms with Gasteiger partial charge in [0.25, 0.3) is 5.91 Å². The number of fused-ring (bicyclic) bond motifs is 2. The summed E-state index contributed by atoms with van der Waals surface area (Å²) in [7, 11) is 0. The summed E-state index contributed by atoms with van der Waals surface area (Å²) in [5.41, 5.74) is 8.12. The van der Waals surface area contributed by atoms with E-state index in [1.165, 1.54) is 0 Å². The molecule has 6 nitrogen and oxygen atoms in total. The van der Waals surface area contributed by atoms with E-state index in [1.54, 1.807) is 18.3 Å². The minimum atomic E-state index is -0.276. The number of aromatic nitrogens is 2. The van der Waals surface area contributed by atoms with Gasteiger partial charge in [-0.3, -0.25) is 9.59 Å². The van der Waals surface area contributed by atoms with Gasteiger partial charge in [-0.15, -0.1) is 0 Å². The van der Waals surface area contributed by atoms with Crippen LogP contribution in [0.15, 0.2) is 93.2 Å². The van der Waals surface area contributed by atoms with Crippen LogP contribution in [0.4, 0.5) is 0 Å². The number of carbonyl (C=O) groups is 1. The van der Waals surface area contributed by atoms with Gasteiger partial charge in [0.05, 0.1) is 17.2 Å². The molecule has 2 heterocycles. The van der Waals surface area contributed by atoms with Gasteiger partial charge in [0.15, 0.2) is 5.43 Å². The van der Waals surface area contributed by atoms with Gasteiger partial charge in [-0.1, -0.05) is 40.2 Å². The lowest BCUT2D eigenvalue weighted by Crippen LogP contribution is -2.25. The highest BCUT2D eigenvalue weighted by molar-refractivity contribution is 9.10. The number of nitrogens with zero attached hydrogens (tertiary/aromatic N) is 3. The number of aryl methyl sites for hydroxylation is 1. The number of rotatable bonds is 5. The molecule has 35 heavy (non-hydrogen) atoms. The predicted molar refractivity (Wildman–Crippen MR) is 144 cm³/mol. The zero-order valence-electron chi connectivity index (χ0n) is 19.3. The highest BCUT2D eigenvalue weighted by Gasteiger charge is 2.13. The number of hydrazone groups is 1. The first-order chi connectivity index (χ1) is 16.9. The average molecular weight is 527 g/mol. The maximum atomic E-state index is 12.9. The van der Waals surface area contributed by atoms with E-state index < -0.39 is 0 Å². The van der Waals surface area contributed by atoms with Crippen molar-refractivity contribution in [3.05, 3.63) is 111 Å². The van der Waals surface area contributed by atoms with Crippen molar-refractivity contribution in [1.82, 2.24) is 14.6 Å². The Kier molecular flexibility index (Phi) is 6.09. The Bertz CT molecular complexity index is 1600. The van der Waals surface area contributed by atoms with Gasteiger partial charge in [0.2, 0.25) is 0 Å². The summed E-state index contributed by atoms with van der Waals surface area (Å²) in [5, 5.41) is 5.39. The molecule has 3 aromatic carbocycles. The maximum Gasteiger partial charge on any atom is 0.260 e. The summed E-state index contributed by atoms with van der Waals surface area (Å²) in [6.07, 6.45) is 1.66. The highest BCUT2D eigenvalue weighted by atomic mass is 79.9. The summed E-state index contributed by atoms with van der Waals surface area (Å²) in [5.74, 6) is -0.276. The molecule has 5 rings (SSSR count). The molecule has 0 bridgehead atoms. The quantitative estimate of drug-likeness (QED) is 0.187. The molecular formula is C28H23BrN4O2. The molecule has 7 heteroatoms. The van der Waals surface area contributed by atoms with E-state index >= 15 is 0 Å². The first-order valence-electron chi connectivity index (χ1n) is 11.2. The van der Waals surface area contributed by atoms with Gasteiger partial charge < -0.3 is 9.13 Å². The third-order valence-electron chi connectivity index (χ3n) is 6.13. The second-order valence-electron chi connectivity index (χ2n) is 8.38. The smallest absolute Gasteiger partial charge is 0.260 e. The van der Waals surface area contributed by atoms with Crippen LogP contribution >= 0.6 is 15.9 Å². The molecule has 0 saturated carbocycles. The van der Waals surface area contributed by atoms with Gasteiger partial charge in [-0.05, 0) is 68.4 Å². The third-order valence-corrected chi connectivity index (χ3v) is 6.66. The highest BCUT2D eigenvalue weighted by Crippen LogP contribution is 2.22.